The van der Waals surface area contributed by atoms with Crippen LogP contribution in [0.5, 0.6) is 0 Å². The Balaban J connectivity index is 0.000000146. The van der Waals surface area contributed by atoms with Gasteiger partial charge >= 0.3 is 23.3 Å². The number of pyridine rings is 3. The van der Waals surface area contributed by atoms with Crippen LogP contribution < -0.4 is 5.73 Å². The molecule has 0 bridgehead atoms. The van der Waals surface area contributed by atoms with Gasteiger partial charge in [-0.3, -0.25) is 39.2 Å². The largest absolute Gasteiger partial charge is 0.511 e. The standard InChI is InChI=1S/C28H19N3O2.C15H13N3.C14H13NO4.C12H11NO2.C2H3ClO2/c32-24-17-23-25(18-8-3-1-4-9-18)27(19-10-5-2-6-11-19)30-31(23)28(33)26(24)21-13-14-22-20(16-21)12-7-15-29-22;16-15-13(11-7-3-1-4-8-11)14(17-18-15)12-9-5-2-6-10-12;1-18-13(16)12(14(17)19-2)10-5-6-11-9(8-10)4-3-7-15-11;1-15-12(14)8-9-4-5-11-10(7-9)3-2-6-13-11;1-5-2(3)4/h1-16,32H,17H2;1-10H,(H3,16,17,18);3-8,12H,1-2H3;2-7H,8H2,1H3;1H3. The van der Waals surface area contributed by atoms with E-state index in [2.05, 4.69) is 55.7 Å². The van der Waals surface area contributed by atoms with Crippen molar-refractivity contribution in [2.45, 2.75) is 18.8 Å². The normalized spacial score (nSPS) is 11.3. The van der Waals surface area contributed by atoms with Crippen molar-refractivity contribution in [2.24, 2.45) is 0 Å². The minimum Gasteiger partial charge on any atom is -0.511 e. The molecule has 0 amide bonds. The maximum Gasteiger partial charge on any atom is 0.403 e. The number of carbonyl (C=O) groups is 5. The number of aromatic amines is 1. The predicted molar refractivity (Wildman–Crippen MR) is 347 cm³/mol. The van der Waals surface area contributed by atoms with Gasteiger partial charge in [0.2, 0.25) is 0 Å². The molecule has 0 spiro atoms. The van der Waals surface area contributed by atoms with Gasteiger partial charge in [0.25, 0.3) is 5.91 Å². The molecular formula is C71H59ClN8O10. The van der Waals surface area contributed by atoms with Gasteiger partial charge in [-0.25, -0.2) is 4.79 Å². The smallest absolute Gasteiger partial charge is 0.403 e. The molecule has 0 saturated heterocycles. The Labute approximate surface area is 522 Å². The number of hydrogen-bond acceptors (Lipinski definition) is 16. The third kappa shape index (κ3) is 15.1. The van der Waals surface area contributed by atoms with Crippen LogP contribution in [0.3, 0.4) is 0 Å². The summed E-state index contributed by atoms with van der Waals surface area (Å²) in [6, 6.07) is 67.6. The van der Waals surface area contributed by atoms with Gasteiger partial charge in [-0.1, -0.05) is 158 Å². The lowest BCUT2D eigenvalue weighted by Gasteiger charge is -2.18. The van der Waals surface area contributed by atoms with Gasteiger partial charge < -0.3 is 29.8 Å². The summed E-state index contributed by atoms with van der Waals surface area (Å²) >= 11 is 4.60. The summed E-state index contributed by atoms with van der Waals surface area (Å²) in [6.45, 7) is 0. The first-order chi connectivity index (χ1) is 43.8. The molecule has 18 nitrogen and oxygen atoms in total. The Hall–Kier alpha value is -11.6. The number of nitrogens with two attached hydrogens (primary N) is 1. The molecule has 6 heterocycles. The number of carbonyl (C=O) groups excluding carboxylic acids is 5. The molecule has 5 aromatic heterocycles. The number of hydrogen-bond donors (Lipinski definition) is 3. The number of H-pyrrole nitrogens is 1. The fourth-order valence-electron chi connectivity index (χ4n) is 9.91. The molecule has 4 N–H and O–H groups in total. The molecule has 0 radical (unpaired) electrons. The molecule has 13 rings (SSSR count). The van der Waals surface area contributed by atoms with E-state index < -0.39 is 23.3 Å². The van der Waals surface area contributed by atoms with E-state index in [0.717, 1.165) is 83.0 Å². The van der Waals surface area contributed by atoms with Crippen LogP contribution in [0, 0.1) is 0 Å². The zero-order chi connectivity index (χ0) is 63.5. The van der Waals surface area contributed by atoms with Gasteiger partial charge in [-0.05, 0) is 82.4 Å². The zero-order valence-electron chi connectivity index (χ0n) is 49.2. The predicted octanol–water partition coefficient (Wildman–Crippen LogP) is 13.9. The first-order valence-corrected chi connectivity index (χ1v) is 28.3. The van der Waals surface area contributed by atoms with Crippen molar-refractivity contribution in [3.05, 3.63) is 259 Å². The summed E-state index contributed by atoms with van der Waals surface area (Å²) in [7, 11) is 5.09. The molecule has 0 fully saturated rings. The number of nitrogens with one attached hydrogen (secondary N) is 1. The molecule has 90 heavy (non-hydrogen) atoms. The number of nitrogen functional groups attached to an aromatic ring is 1. The zero-order valence-corrected chi connectivity index (χ0v) is 49.9. The number of fused-ring (bicyclic) bond motifs is 4. The topological polar surface area (TPSA) is 254 Å². The summed E-state index contributed by atoms with van der Waals surface area (Å²) in [4.78, 5) is 70.2. The van der Waals surface area contributed by atoms with E-state index >= 15 is 0 Å². The van der Waals surface area contributed by atoms with E-state index in [1.54, 1.807) is 42.9 Å². The number of methoxy groups -OCH3 is 4. The molecule has 12 aromatic rings. The molecule has 0 saturated carbocycles. The summed E-state index contributed by atoms with van der Waals surface area (Å²) in [5, 5.41) is 25.8. The number of aliphatic hydroxyl groups excluding tert-OH is 1. The quantitative estimate of drug-likeness (QED) is 0.0498. The monoisotopic (exact) mass is 1220 g/mol. The van der Waals surface area contributed by atoms with Crippen LogP contribution in [0.15, 0.2) is 237 Å². The highest BCUT2D eigenvalue weighted by Gasteiger charge is 2.34. The number of benzene rings is 7. The van der Waals surface area contributed by atoms with Crippen molar-refractivity contribution in [3.63, 3.8) is 0 Å². The Morgan fingerprint density at radius 1 is 0.556 bits per heavy atom. The molecular weight excluding hydrogens is 1160 g/mol. The van der Waals surface area contributed by atoms with E-state index in [-0.39, 0.29) is 29.6 Å². The molecule has 0 unspecified atom stereocenters. The fraction of sp³-hybridized carbons (Fsp3) is 0.0986. The second-order valence-corrected chi connectivity index (χ2v) is 20.1. The Morgan fingerprint density at radius 2 is 1.03 bits per heavy atom. The number of halogens is 1. The van der Waals surface area contributed by atoms with Gasteiger partial charge in [-0.2, -0.15) is 14.9 Å². The van der Waals surface area contributed by atoms with Gasteiger partial charge in [-0.15, -0.1) is 0 Å². The van der Waals surface area contributed by atoms with E-state index in [9.17, 15) is 29.1 Å². The molecule has 1 aliphatic heterocycles. The number of ether oxygens (including phenoxy) is 4. The summed E-state index contributed by atoms with van der Waals surface area (Å²) in [5.41, 5.74) is 18.4. The van der Waals surface area contributed by atoms with Crippen molar-refractivity contribution in [3.8, 4) is 44.8 Å². The lowest BCUT2D eigenvalue weighted by Crippen LogP contribution is -2.24. The molecule has 0 atom stereocenters. The van der Waals surface area contributed by atoms with E-state index in [4.69, 9.17) is 10.8 Å². The molecule has 7 aromatic carbocycles. The maximum atomic E-state index is 13.7. The van der Waals surface area contributed by atoms with Crippen LogP contribution in [0.25, 0.3) is 83.1 Å². The van der Waals surface area contributed by atoms with Gasteiger partial charge in [0, 0.05) is 69.5 Å². The van der Waals surface area contributed by atoms with Crippen molar-refractivity contribution in [2.75, 3.05) is 34.2 Å². The van der Waals surface area contributed by atoms with E-state index in [1.165, 1.54) is 33.1 Å². The Morgan fingerprint density at radius 3 is 1.56 bits per heavy atom. The van der Waals surface area contributed by atoms with E-state index in [0.29, 0.717) is 29.1 Å². The second-order valence-electron chi connectivity index (χ2n) is 19.8. The third-order valence-corrected chi connectivity index (χ3v) is 14.3. The summed E-state index contributed by atoms with van der Waals surface area (Å²) in [5.74, 6) is -2.34. The first-order valence-electron chi connectivity index (χ1n) is 27.9. The molecule has 450 valence electrons. The molecule has 19 heteroatoms. The van der Waals surface area contributed by atoms with Gasteiger partial charge in [0.15, 0.2) is 11.7 Å². The van der Waals surface area contributed by atoms with E-state index in [1.807, 2.05) is 188 Å². The Bertz CT molecular complexity index is 4510. The lowest BCUT2D eigenvalue weighted by atomic mass is 9.93. The molecule has 1 aliphatic rings. The summed E-state index contributed by atoms with van der Waals surface area (Å²) in [6.07, 6.45) is 5.69. The van der Waals surface area contributed by atoms with Crippen molar-refractivity contribution < 1.29 is 48.0 Å². The number of aromatic nitrogens is 7. The van der Waals surface area contributed by atoms with Crippen LogP contribution in [0.2, 0.25) is 0 Å². The number of aliphatic hydroxyl groups is 1. The number of rotatable bonds is 10. The molecule has 0 aliphatic carbocycles. The van der Waals surface area contributed by atoms with Crippen LogP contribution in [-0.2, 0) is 46.2 Å². The summed E-state index contributed by atoms with van der Waals surface area (Å²) < 4.78 is 19.2. The fourth-order valence-corrected chi connectivity index (χ4v) is 9.91. The first kappa shape index (κ1) is 62.9. The minimum absolute atomic E-state index is 0.0485. The SMILES string of the molecule is COC(=O)C(C(=O)OC)c1ccc2ncccc2c1.COC(=O)Cc1ccc2ncccc2c1.COC(=O)Cl.Nc1n[nH]c(-c2ccccc2)c1-c1ccccc1.O=C1C(c2ccc3ncccc3c2)=C(O)Cc2c(-c3ccccc3)c(-c3ccccc3)nn21. The van der Waals surface area contributed by atoms with Gasteiger partial charge in [0.05, 0.1) is 73.9 Å². The third-order valence-electron chi connectivity index (χ3n) is 14.2. The highest BCUT2D eigenvalue weighted by Crippen LogP contribution is 2.40. The van der Waals surface area contributed by atoms with Crippen LogP contribution in [0.4, 0.5) is 10.6 Å². The minimum atomic E-state index is -1.07. The van der Waals surface area contributed by atoms with Crippen molar-refractivity contribution >= 4 is 84.9 Å². The van der Waals surface area contributed by atoms with Crippen molar-refractivity contribution in [1.29, 1.82) is 0 Å². The average molecular weight is 1220 g/mol. The highest BCUT2D eigenvalue weighted by atomic mass is 35.5. The Kier molecular flexibility index (Phi) is 21.1. The van der Waals surface area contributed by atoms with Crippen molar-refractivity contribution in [1.82, 2.24) is 34.9 Å². The number of nitrogens with zero attached hydrogens (tertiary/aromatic N) is 6. The average Bonchev–Trinajstić information content (AvgIpc) is 1.60. The second kappa shape index (κ2) is 30.1. The number of esters is 3. The van der Waals surface area contributed by atoms with Crippen LogP contribution >= 0.6 is 11.6 Å². The number of allylic oxidation sites excluding steroid dienone is 2. The van der Waals surface area contributed by atoms with Gasteiger partial charge in [0.1, 0.15) is 11.5 Å². The maximum absolute atomic E-state index is 13.7. The highest BCUT2D eigenvalue weighted by molar-refractivity contribution is 6.61. The lowest BCUT2D eigenvalue weighted by molar-refractivity contribution is -0.154. The number of anilines is 1. The van der Waals surface area contributed by atoms with Crippen LogP contribution in [0.1, 0.15) is 33.1 Å². The van der Waals surface area contributed by atoms with Crippen LogP contribution in [-0.4, -0.2) is 97.7 Å².